The highest BCUT2D eigenvalue weighted by molar-refractivity contribution is 8.00. The van der Waals surface area contributed by atoms with Crippen LogP contribution in [0.3, 0.4) is 0 Å². The molecule has 1 atom stereocenters. The lowest BCUT2D eigenvalue weighted by Crippen LogP contribution is -2.18. The maximum atomic E-state index is 13.4. The summed E-state index contributed by atoms with van der Waals surface area (Å²) in [5.41, 5.74) is 5.34. The zero-order chi connectivity index (χ0) is 25.8. The average Bonchev–Trinajstić information content (AvgIpc) is 3.30. The average molecular weight is 524 g/mol. The van der Waals surface area contributed by atoms with Crippen LogP contribution in [0.15, 0.2) is 102 Å². The fraction of sp³-hybridized carbons (Fsp3) is 0.100. The minimum Gasteiger partial charge on any atom is -0.322 e. The molecular weight excluding hydrogens is 498 g/mol. The largest absolute Gasteiger partial charge is 0.322 e. The molecule has 5 rings (SSSR count). The molecule has 2 amide bonds. The van der Waals surface area contributed by atoms with Crippen LogP contribution < -0.4 is 10.6 Å². The molecule has 1 heterocycles. The Bertz CT molecular complexity index is 1550. The summed E-state index contributed by atoms with van der Waals surface area (Å²) in [7, 11) is 0. The lowest BCUT2D eigenvalue weighted by Gasteiger charge is -2.16. The predicted molar refractivity (Wildman–Crippen MR) is 154 cm³/mol. The standard InChI is InChI=1S/C30H25N3O2S2/c1-19-8-11-22(12-9-19)28(34)31-23-13-15-24(16-14-23)36-27(21-6-4-3-5-7-21)29(35)33-30-32-25-17-10-20(2)18-26(25)37-30/h3-18,27H,1-2H3,(H,31,34)(H,32,33,35). The van der Waals surface area contributed by atoms with Crippen LogP contribution in [0.2, 0.25) is 0 Å². The van der Waals surface area contributed by atoms with Gasteiger partial charge in [0.1, 0.15) is 5.25 Å². The number of amides is 2. The van der Waals surface area contributed by atoms with Crippen molar-refractivity contribution in [3.05, 3.63) is 119 Å². The number of benzene rings is 4. The van der Waals surface area contributed by atoms with Crippen molar-refractivity contribution in [1.29, 1.82) is 0 Å². The first-order valence-electron chi connectivity index (χ1n) is 11.8. The van der Waals surface area contributed by atoms with Crippen molar-refractivity contribution in [2.45, 2.75) is 24.0 Å². The van der Waals surface area contributed by atoms with E-state index in [2.05, 4.69) is 21.7 Å². The third-order valence-corrected chi connectivity index (χ3v) is 7.99. The molecule has 1 aromatic heterocycles. The van der Waals surface area contributed by atoms with Gasteiger partial charge in [-0.05, 0) is 73.5 Å². The van der Waals surface area contributed by atoms with Crippen LogP contribution in [0.5, 0.6) is 0 Å². The van der Waals surface area contributed by atoms with Crippen molar-refractivity contribution in [2.75, 3.05) is 10.6 Å². The monoisotopic (exact) mass is 523 g/mol. The summed E-state index contributed by atoms with van der Waals surface area (Å²) in [6.45, 7) is 4.03. The Morgan fingerprint density at radius 3 is 2.24 bits per heavy atom. The smallest absolute Gasteiger partial charge is 0.255 e. The molecule has 0 saturated carbocycles. The third kappa shape index (κ3) is 6.07. The van der Waals surface area contributed by atoms with Gasteiger partial charge >= 0.3 is 0 Å². The summed E-state index contributed by atoms with van der Waals surface area (Å²) in [6, 6.07) is 30.8. The van der Waals surface area contributed by atoms with Crippen molar-refractivity contribution in [3.63, 3.8) is 0 Å². The Kier molecular flexibility index (Phi) is 7.35. The molecule has 0 saturated heterocycles. The summed E-state index contributed by atoms with van der Waals surface area (Å²) in [6.07, 6.45) is 0. The van der Waals surface area contributed by atoms with Gasteiger partial charge in [-0.25, -0.2) is 4.98 Å². The highest BCUT2D eigenvalue weighted by atomic mass is 32.2. The van der Waals surface area contributed by atoms with E-state index in [9.17, 15) is 9.59 Å². The van der Waals surface area contributed by atoms with E-state index in [0.717, 1.165) is 31.8 Å². The lowest BCUT2D eigenvalue weighted by molar-refractivity contribution is -0.115. The fourth-order valence-corrected chi connectivity index (χ4v) is 5.81. The Labute approximate surface area is 224 Å². The molecule has 37 heavy (non-hydrogen) atoms. The third-order valence-electron chi connectivity index (χ3n) is 5.79. The second-order valence-electron chi connectivity index (χ2n) is 8.73. The van der Waals surface area contributed by atoms with Crippen LogP contribution in [-0.2, 0) is 4.79 Å². The summed E-state index contributed by atoms with van der Waals surface area (Å²) >= 11 is 2.93. The molecular formula is C30H25N3O2S2. The highest BCUT2D eigenvalue weighted by Gasteiger charge is 2.23. The lowest BCUT2D eigenvalue weighted by atomic mass is 10.1. The zero-order valence-corrected chi connectivity index (χ0v) is 22.0. The molecule has 1 unspecified atom stereocenters. The second-order valence-corrected chi connectivity index (χ2v) is 10.9. The zero-order valence-electron chi connectivity index (χ0n) is 20.4. The van der Waals surface area contributed by atoms with Crippen molar-refractivity contribution >= 4 is 55.9 Å². The summed E-state index contributed by atoms with van der Waals surface area (Å²) in [5.74, 6) is -0.295. The number of carbonyl (C=O) groups excluding carboxylic acids is 2. The summed E-state index contributed by atoms with van der Waals surface area (Å²) in [5, 5.41) is 6.06. The van der Waals surface area contributed by atoms with Gasteiger partial charge in [-0.3, -0.25) is 9.59 Å². The van der Waals surface area contributed by atoms with Crippen molar-refractivity contribution < 1.29 is 9.59 Å². The molecule has 0 radical (unpaired) electrons. The highest BCUT2D eigenvalue weighted by Crippen LogP contribution is 2.37. The summed E-state index contributed by atoms with van der Waals surface area (Å²) < 4.78 is 1.04. The fourth-order valence-electron chi connectivity index (χ4n) is 3.82. The van der Waals surface area contributed by atoms with E-state index < -0.39 is 5.25 Å². The predicted octanol–water partition coefficient (Wildman–Crippen LogP) is 7.64. The Morgan fingerprint density at radius 2 is 1.51 bits per heavy atom. The van der Waals surface area contributed by atoms with Crippen molar-refractivity contribution in [3.8, 4) is 0 Å². The van der Waals surface area contributed by atoms with Crippen LogP contribution in [0.4, 0.5) is 10.8 Å². The van der Waals surface area contributed by atoms with Gasteiger partial charge in [0.15, 0.2) is 5.13 Å². The number of carbonyl (C=O) groups is 2. The van der Waals surface area contributed by atoms with E-state index in [1.165, 1.54) is 23.1 Å². The van der Waals surface area contributed by atoms with Gasteiger partial charge < -0.3 is 10.6 Å². The molecule has 0 bridgehead atoms. The minimum atomic E-state index is -0.469. The quantitative estimate of drug-likeness (QED) is 0.215. The first kappa shape index (κ1) is 24.7. The number of nitrogens with zero attached hydrogens (tertiary/aromatic N) is 1. The van der Waals surface area contributed by atoms with E-state index in [4.69, 9.17) is 0 Å². The van der Waals surface area contributed by atoms with E-state index in [1.54, 1.807) is 0 Å². The molecule has 0 aliphatic rings. The maximum absolute atomic E-state index is 13.4. The van der Waals surface area contributed by atoms with Crippen LogP contribution >= 0.6 is 23.1 Å². The molecule has 184 valence electrons. The molecule has 7 heteroatoms. The first-order valence-corrected chi connectivity index (χ1v) is 13.5. The van der Waals surface area contributed by atoms with Crippen molar-refractivity contribution in [2.24, 2.45) is 0 Å². The van der Waals surface area contributed by atoms with Crippen LogP contribution in [-0.4, -0.2) is 16.8 Å². The normalized spacial score (nSPS) is 11.7. The second kappa shape index (κ2) is 11.0. The van der Waals surface area contributed by atoms with Gasteiger partial charge in [-0.15, -0.1) is 11.8 Å². The number of rotatable bonds is 7. The SMILES string of the molecule is Cc1ccc(C(=O)Nc2ccc(SC(C(=O)Nc3nc4ccc(C)cc4s3)c3ccccc3)cc2)cc1. The number of aromatic nitrogens is 1. The molecule has 4 aromatic carbocycles. The van der Waals surface area contributed by atoms with Gasteiger partial charge in [0.05, 0.1) is 10.2 Å². The molecule has 5 nitrogen and oxygen atoms in total. The van der Waals surface area contributed by atoms with Gasteiger partial charge in [-0.1, -0.05) is 65.4 Å². The van der Waals surface area contributed by atoms with Gasteiger partial charge in [-0.2, -0.15) is 0 Å². The minimum absolute atomic E-state index is 0.135. The Hall–Kier alpha value is -3.94. The Morgan fingerprint density at radius 1 is 0.811 bits per heavy atom. The van der Waals surface area contributed by atoms with Crippen LogP contribution in [0.1, 0.15) is 32.3 Å². The topological polar surface area (TPSA) is 71.1 Å². The van der Waals surface area contributed by atoms with Gasteiger partial charge in [0, 0.05) is 16.1 Å². The molecule has 0 spiro atoms. The number of nitrogens with one attached hydrogen (secondary N) is 2. The molecule has 5 aromatic rings. The van der Waals surface area contributed by atoms with Crippen molar-refractivity contribution in [1.82, 2.24) is 4.98 Å². The number of anilines is 2. The number of fused-ring (bicyclic) bond motifs is 1. The number of aryl methyl sites for hydroxylation is 2. The molecule has 2 N–H and O–H groups in total. The maximum Gasteiger partial charge on any atom is 0.255 e. The molecule has 0 aliphatic carbocycles. The van der Waals surface area contributed by atoms with Crippen LogP contribution in [0, 0.1) is 13.8 Å². The van der Waals surface area contributed by atoms with E-state index in [-0.39, 0.29) is 11.8 Å². The number of thiazole rings is 1. The Balaban J connectivity index is 1.31. The van der Waals surface area contributed by atoms with Gasteiger partial charge in [0.2, 0.25) is 5.91 Å². The van der Waals surface area contributed by atoms with E-state index in [0.29, 0.717) is 16.4 Å². The number of hydrogen-bond donors (Lipinski definition) is 2. The first-order chi connectivity index (χ1) is 17.9. The summed E-state index contributed by atoms with van der Waals surface area (Å²) in [4.78, 5) is 31.5. The van der Waals surface area contributed by atoms with Crippen LogP contribution in [0.25, 0.3) is 10.2 Å². The van der Waals surface area contributed by atoms with E-state index >= 15 is 0 Å². The number of hydrogen-bond acceptors (Lipinski definition) is 5. The number of thioether (sulfide) groups is 1. The van der Waals surface area contributed by atoms with E-state index in [1.807, 2.05) is 105 Å². The van der Waals surface area contributed by atoms with Gasteiger partial charge in [0.25, 0.3) is 5.91 Å². The molecule has 0 fully saturated rings. The molecule has 0 aliphatic heterocycles.